The van der Waals surface area contributed by atoms with Crippen LogP contribution in [0.3, 0.4) is 0 Å². The number of benzene rings is 2. The molecule has 7 heteroatoms. The van der Waals surface area contributed by atoms with Gasteiger partial charge in [-0.25, -0.2) is 4.99 Å². The number of aromatic carboxylic acids is 1. The highest BCUT2D eigenvalue weighted by Crippen LogP contribution is 2.35. The number of aliphatic imine (C=N–C) groups is 1. The number of para-hydroxylation sites is 1. The van der Waals surface area contributed by atoms with E-state index in [4.69, 9.17) is 4.74 Å². The Morgan fingerprint density at radius 3 is 2.71 bits per heavy atom. The van der Waals surface area contributed by atoms with E-state index in [-0.39, 0.29) is 11.5 Å². The second-order valence-corrected chi connectivity index (χ2v) is 6.87. The third kappa shape index (κ3) is 4.26. The molecule has 1 fully saturated rings. The van der Waals surface area contributed by atoms with Crippen LogP contribution in [0.2, 0.25) is 0 Å². The van der Waals surface area contributed by atoms with Gasteiger partial charge in [0.2, 0.25) is 0 Å². The van der Waals surface area contributed by atoms with E-state index in [1.807, 2.05) is 38.1 Å². The number of thioether (sulfide) groups is 1. The van der Waals surface area contributed by atoms with Crippen molar-refractivity contribution in [1.29, 1.82) is 0 Å². The molecular formula is C21H19N2O4S-. The van der Waals surface area contributed by atoms with Gasteiger partial charge in [0.15, 0.2) is 5.17 Å². The molecule has 0 bridgehead atoms. The average molecular weight is 395 g/mol. The zero-order valence-electron chi connectivity index (χ0n) is 15.5. The molecule has 28 heavy (non-hydrogen) atoms. The van der Waals surface area contributed by atoms with Crippen LogP contribution in [-0.2, 0) is 4.79 Å². The SMILES string of the molecule is CCOc1ccccc1/C=C1\SC(=Nc2cccc(C(=O)[O-])c2)N(CC)C1=O. The molecular weight excluding hydrogens is 376 g/mol. The zero-order chi connectivity index (χ0) is 20.1. The molecule has 144 valence electrons. The Morgan fingerprint density at radius 1 is 1.21 bits per heavy atom. The Bertz CT molecular complexity index is 968. The van der Waals surface area contributed by atoms with E-state index in [2.05, 4.69) is 4.99 Å². The second-order valence-electron chi connectivity index (χ2n) is 5.86. The molecule has 0 atom stereocenters. The van der Waals surface area contributed by atoms with Crippen LogP contribution in [0.15, 0.2) is 58.4 Å². The second kappa shape index (κ2) is 8.75. The molecule has 0 aliphatic carbocycles. The van der Waals surface area contributed by atoms with Crippen molar-refractivity contribution >= 4 is 40.6 Å². The molecule has 0 N–H and O–H groups in total. The van der Waals surface area contributed by atoms with Gasteiger partial charge in [-0.2, -0.15) is 0 Å². The molecule has 1 saturated heterocycles. The van der Waals surface area contributed by atoms with Crippen LogP contribution in [0.1, 0.15) is 29.8 Å². The molecule has 1 amide bonds. The highest BCUT2D eigenvalue weighted by molar-refractivity contribution is 8.18. The smallest absolute Gasteiger partial charge is 0.266 e. The first-order chi connectivity index (χ1) is 13.5. The number of ether oxygens (including phenoxy) is 1. The van der Waals surface area contributed by atoms with Crippen molar-refractivity contribution in [1.82, 2.24) is 4.90 Å². The third-order valence-corrected chi connectivity index (χ3v) is 5.02. The van der Waals surface area contributed by atoms with Crippen LogP contribution in [0, 0.1) is 0 Å². The fourth-order valence-electron chi connectivity index (χ4n) is 2.71. The number of hydrogen-bond donors (Lipinski definition) is 0. The van der Waals surface area contributed by atoms with E-state index in [1.165, 1.54) is 23.9 Å². The highest BCUT2D eigenvalue weighted by Gasteiger charge is 2.32. The summed E-state index contributed by atoms with van der Waals surface area (Å²) in [6.45, 7) is 4.76. The van der Waals surface area contributed by atoms with Gasteiger partial charge in [-0.15, -0.1) is 0 Å². The van der Waals surface area contributed by atoms with E-state index in [9.17, 15) is 14.7 Å². The largest absolute Gasteiger partial charge is 0.545 e. The first kappa shape index (κ1) is 19.7. The van der Waals surface area contributed by atoms with Gasteiger partial charge in [0.05, 0.1) is 23.2 Å². The molecule has 0 radical (unpaired) electrons. The van der Waals surface area contributed by atoms with E-state index in [0.717, 1.165) is 5.56 Å². The number of carbonyl (C=O) groups is 2. The number of likely N-dealkylation sites (N-methyl/N-ethyl adjacent to an activating group) is 1. The van der Waals surface area contributed by atoms with Gasteiger partial charge in [-0.3, -0.25) is 9.69 Å². The fraction of sp³-hybridized carbons (Fsp3) is 0.190. The number of amides is 1. The number of amidine groups is 1. The lowest BCUT2D eigenvalue weighted by atomic mass is 10.2. The summed E-state index contributed by atoms with van der Waals surface area (Å²) in [5.41, 5.74) is 1.31. The van der Waals surface area contributed by atoms with Crippen LogP contribution < -0.4 is 9.84 Å². The minimum absolute atomic E-state index is 0.0422. The maximum Gasteiger partial charge on any atom is 0.266 e. The van der Waals surface area contributed by atoms with Gasteiger partial charge in [0.25, 0.3) is 5.91 Å². The summed E-state index contributed by atoms with van der Waals surface area (Å²) in [6, 6.07) is 13.7. The van der Waals surface area contributed by atoms with Gasteiger partial charge in [-0.05, 0) is 55.4 Å². The van der Waals surface area contributed by atoms with Crippen molar-refractivity contribution < 1.29 is 19.4 Å². The Kier molecular flexibility index (Phi) is 6.16. The summed E-state index contributed by atoms with van der Waals surface area (Å²) in [7, 11) is 0. The Morgan fingerprint density at radius 2 is 2.00 bits per heavy atom. The maximum atomic E-state index is 12.8. The highest BCUT2D eigenvalue weighted by atomic mass is 32.2. The minimum atomic E-state index is -1.27. The summed E-state index contributed by atoms with van der Waals surface area (Å²) in [5, 5.41) is 11.6. The maximum absolute atomic E-state index is 12.8. The van der Waals surface area contributed by atoms with Crippen LogP contribution in [0.5, 0.6) is 5.75 Å². The quantitative estimate of drug-likeness (QED) is 0.702. The predicted octanol–water partition coefficient (Wildman–Crippen LogP) is 3.07. The number of nitrogens with zero attached hydrogens (tertiary/aromatic N) is 2. The molecule has 0 saturated carbocycles. The Balaban J connectivity index is 1.95. The number of rotatable bonds is 6. The van der Waals surface area contributed by atoms with E-state index >= 15 is 0 Å². The van der Waals surface area contributed by atoms with E-state index < -0.39 is 5.97 Å². The predicted molar refractivity (Wildman–Crippen MR) is 108 cm³/mol. The standard InChI is InChI=1S/C21H20N2O4S/c1-3-23-19(24)18(13-14-8-5-6-11-17(14)27-4-2)28-21(23)22-16-10-7-9-15(12-16)20(25)26/h5-13H,3-4H2,1-2H3,(H,25,26)/p-1/b18-13-,22-21?. The first-order valence-electron chi connectivity index (χ1n) is 8.86. The summed E-state index contributed by atoms with van der Waals surface area (Å²) >= 11 is 1.25. The lowest BCUT2D eigenvalue weighted by Crippen LogP contribution is -2.28. The normalized spacial score (nSPS) is 16.8. The van der Waals surface area contributed by atoms with Crippen molar-refractivity contribution in [3.8, 4) is 5.75 Å². The molecule has 1 heterocycles. The summed E-state index contributed by atoms with van der Waals surface area (Å²) in [4.78, 5) is 30.4. The molecule has 6 nitrogen and oxygen atoms in total. The van der Waals surface area contributed by atoms with Gasteiger partial charge in [0.1, 0.15) is 5.75 Å². The number of carboxylic acid groups (broad SMARTS) is 1. The molecule has 0 unspecified atom stereocenters. The Hall–Kier alpha value is -3.06. The number of hydrogen-bond acceptors (Lipinski definition) is 6. The summed E-state index contributed by atoms with van der Waals surface area (Å²) < 4.78 is 5.62. The van der Waals surface area contributed by atoms with Crippen molar-refractivity contribution in [2.24, 2.45) is 4.99 Å². The first-order valence-corrected chi connectivity index (χ1v) is 9.68. The van der Waals surface area contributed by atoms with Gasteiger partial charge >= 0.3 is 0 Å². The monoisotopic (exact) mass is 395 g/mol. The van der Waals surface area contributed by atoms with Gasteiger partial charge in [0, 0.05) is 12.1 Å². The third-order valence-electron chi connectivity index (χ3n) is 4.02. The average Bonchev–Trinajstić information content (AvgIpc) is 2.98. The van der Waals surface area contributed by atoms with Crippen LogP contribution in [-0.4, -0.2) is 35.1 Å². The number of carboxylic acids is 1. The van der Waals surface area contributed by atoms with E-state index in [0.29, 0.717) is 34.7 Å². The molecule has 0 aromatic heterocycles. The molecule has 1 aliphatic heterocycles. The van der Waals surface area contributed by atoms with Crippen LogP contribution >= 0.6 is 11.8 Å². The zero-order valence-corrected chi connectivity index (χ0v) is 16.4. The van der Waals surface area contributed by atoms with E-state index in [1.54, 1.807) is 23.1 Å². The molecule has 3 rings (SSSR count). The fourth-order valence-corrected chi connectivity index (χ4v) is 3.76. The molecule has 2 aromatic rings. The van der Waals surface area contributed by atoms with Crippen molar-refractivity contribution in [3.63, 3.8) is 0 Å². The number of carbonyl (C=O) groups excluding carboxylic acids is 2. The van der Waals surface area contributed by atoms with Crippen molar-refractivity contribution in [3.05, 3.63) is 64.6 Å². The van der Waals surface area contributed by atoms with Gasteiger partial charge < -0.3 is 14.6 Å². The van der Waals surface area contributed by atoms with Crippen molar-refractivity contribution in [2.75, 3.05) is 13.2 Å². The summed E-state index contributed by atoms with van der Waals surface area (Å²) in [5.74, 6) is -0.702. The lowest BCUT2D eigenvalue weighted by Gasteiger charge is -2.12. The Labute approximate surface area is 167 Å². The van der Waals surface area contributed by atoms with Gasteiger partial charge in [-0.1, -0.05) is 30.3 Å². The van der Waals surface area contributed by atoms with Crippen molar-refractivity contribution in [2.45, 2.75) is 13.8 Å². The summed E-state index contributed by atoms with van der Waals surface area (Å²) in [6.07, 6.45) is 1.79. The van der Waals surface area contributed by atoms with Crippen LogP contribution in [0.25, 0.3) is 6.08 Å². The molecule has 1 aliphatic rings. The van der Waals surface area contributed by atoms with Crippen LogP contribution in [0.4, 0.5) is 5.69 Å². The molecule has 0 spiro atoms. The topological polar surface area (TPSA) is 82.0 Å². The minimum Gasteiger partial charge on any atom is -0.545 e. The molecule has 2 aromatic carbocycles. The lowest BCUT2D eigenvalue weighted by molar-refractivity contribution is -0.255.